The van der Waals surface area contributed by atoms with Crippen LogP contribution in [0, 0.1) is 11.3 Å². The van der Waals surface area contributed by atoms with Gasteiger partial charge >= 0.3 is 0 Å². The van der Waals surface area contributed by atoms with Crippen LogP contribution >= 0.6 is 0 Å². The predicted octanol–water partition coefficient (Wildman–Crippen LogP) is 1.53. The molecular weight excluding hydrogens is 284 g/mol. The van der Waals surface area contributed by atoms with Crippen LogP contribution in [0.3, 0.4) is 0 Å². The molecule has 0 bridgehead atoms. The lowest BCUT2D eigenvalue weighted by atomic mass is 9.98. The van der Waals surface area contributed by atoms with Gasteiger partial charge in [-0.1, -0.05) is 0 Å². The summed E-state index contributed by atoms with van der Waals surface area (Å²) < 4.78 is 17.7. The van der Waals surface area contributed by atoms with E-state index in [0.717, 1.165) is 6.42 Å². The first-order valence-electron chi connectivity index (χ1n) is 7.85. The second kappa shape index (κ2) is 8.23. The highest BCUT2D eigenvalue weighted by atomic mass is 16.7. The fourth-order valence-electron chi connectivity index (χ4n) is 2.43. The minimum Gasteiger partial charge on any atom is -0.388 e. The fraction of sp³-hybridized carbons (Fsp3) is 0.938. The van der Waals surface area contributed by atoms with Crippen LogP contribution < -0.4 is 0 Å². The average molecular weight is 314 g/mol. The molecule has 5 atom stereocenters. The van der Waals surface area contributed by atoms with Crippen LogP contribution in [0.1, 0.15) is 40.5 Å². The number of hydrogen-bond acceptors (Lipinski definition) is 6. The Kier molecular flexibility index (Phi) is 7.23. The lowest BCUT2D eigenvalue weighted by Crippen LogP contribution is -2.57. The normalized spacial score (nSPS) is 31.0. The zero-order valence-corrected chi connectivity index (χ0v) is 14.6. The van der Waals surface area contributed by atoms with Crippen molar-refractivity contribution in [3.8, 4) is 6.07 Å². The number of ether oxygens (including phenoxy) is 3. The summed E-state index contributed by atoms with van der Waals surface area (Å²) in [6.45, 7) is 7.59. The van der Waals surface area contributed by atoms with Crippen LogP contribution in [0.2, 0.25) is 0 Å². The molecule has 1 fully saturated rings. The Labute approximate surface area is 133 Å². The molecule has 0 radical (unpaired) electrons. The number of aliphatic hydroxyl groups is 1. The predicted molar refractivity (Wildman–Crippen MR) is 83.2 cm³/mol. The van der Waals surface area contributed by atoms with Gasteiger partial charge in [0.25, 0.3) is 0 Å². The highest BCUT2D eigenvalue weighted by Gasteiger charge is 2.42. The van der Waals surface area contributed by atoms with Crippen molar-refractivity contribution in [1.29, 1.82) is 5.26 Å². The molecule has 1 N–H and O–H groups in total. The van der Waals surface area contributed by atoms with E-state index in [9.17, 15) is 5.11 Å². The number of likely N-dealkylation sites (N-methyl/N-ethyl adjacent to an activating group) is 1. The van der Waals surface area contributed by atoms with Crippen LogP contribution in [0.5, 0.6) is 0 Å². The van der Waals surface area contributed by atoms with Crippen molar-refractivity contribution in [3.05, 3.63) is 0 Å². The maximum atomic E-state index is 10.1. The Hall–Kier alpha value is -0.710. The molecule has 6 nitrogen and oxygen atoms in total. The first kappa shape index (κ1) is 19.3. The Morgan fingerprint density at radius 2 is 2.09 bits per heavy atom. The average Bonchev–Trinajstić information content (AvgIpc) is 2.39. The molecule has 0 aliphatic carbocycles. The second-order valence-corrected chi connectivity index (χ2v) is 6.76. The van der Waals surface area contributed by atoms with E-state index >= 15 is 0 Å². The molecular formula is C16H30N2O4. The zero-order chi connectivity index (χ0) is 16.9. The van der Waals surface area contributed by atoms with Crippen molar-refractivity contribution in [1.82, 2.24) is 4.90 Å². The van der Waals surface area contributed by atoms with E-state index in [4.69, 9.17) is 19.5 Å². The summed E-state index contributed by atoms with van der Waals surface area (Å²) in [5.74, 6) is 0. The molecule has 1 aliphatic rings. The van der Waals surface area contributed by atoms with E-state index in [1.807, 2.05) is 27.9 Å². The minimum absolute atomic E-state index is 0.0437. The number of rotatable bonds is 7. The number of nitriles is 1. The van der Waals surface area contributed by atoms with Gasteiger partial charge in [0.15, 0.2) is 6.29 Å². The monoisotopic (exact) mass is 314 g/mol. The molecule has 1 saturated heterocycles. The van der Waals surface area contributed by atoms with E-state index in [1.54, 1.807) is 13.8 Å². The van der Waals surface area contributed by atoms with Crippen molar-refractivity contribution < 1.29 is 19.3 Å². The van der Waals surface area contributed by atoms with Gasteiger partial charge in [-0.15, -0.1) is 0 Å². The van der Waals surface area contributed by atoms with Crippen molar-refractivity contribution in [3.63, 3.8) is 0 Å². The topological polar surface area (TPSA) is 75.0 Å². The van der Waals surface area contributed by atoms with Gasteiger partial charge < -0.3 is 24.2 Å². The Bertz CT molecular complexity index is 375. The molecule has 6 heteroatoms. The SMILES string of the molecule is CC1CC(N(C)C)C(OCCC#N)C(OC(C)C(C)(C)O)O1. The van der Waals surface area contributed by atoms with E-state index in [1.165, 1.54) is 0 Å². The summed E-state index contributed by atoms with van der Waals surface area (Å²) in [6, 6.07) is 2.22. The van der Waals surface area contributed by atoms with Gasteiger partial charge in [-0.3, -0.25) is 0 Å². The largest absolute Gasteiger partial charge is 0.388 e. The molecule has 5 unspecified atom stereocenters. The van der Waals surface area contributed by atoms with Gasteiger partial charge in [-0.25, -0.2) is 0 Å². The molecule has 1 rings (SSSR count). The van der Waals surface area contributed by atoms with E-state index in [0.29, 0.717) is 13.0 Å². The summed E-state index contributed by atoms with van der Waals surface area (Å²) >= 11 is 0. The van der Waals surface area contributed by atoms with Crippen LogP contribution in [0.25, 0.3) is 0 Å². The molecule has 0 saturated carbocycles. The van der Waals surface area contributed by atoms with Gasteiger partial charge in [0, 0.05) is 6.04 Å². The highest BCUT2D eigenvalue weighted by molar-refractivity contribution is 4.88. The van der Waals surface area contributed by atoms with Gasteiger partial charge in [0.2, 0.25) is 0 Å². The van der Waals surface area contributed by atoms with Crippen LogP contribution in [-0.2, 0) is 14.2 Å². The van der Waals surface area contributed by atoms with Crippen LogP contribution in [0.4, 0.5) is 0 Å². The van der Waals surface area contributed by atoms with E-state index < -0.39 is 18.0 Å². The molecule has 22 heavy (non-hydrogen) atoms. The first-order valence-corrected chi connectivity index (χ1v) is 7.85. The quantitative estimate of drug-likeness (QED) is 0.718. The molecule has 0 aromatic rings. The number of nitrogens with zero attached hydrogens (tertiary/aromatic N) is 2. The molecule has 0 spiro atoms. The Balaban J connectivity index is 2.84. The second-order valence-electron chi connectivity index (χ2n) is 6.76. The van der Waals surface area contributed by atoms with Gasteiger partial charge in [-0.05, 0) is 48.2 Å². The molecule has 128 valence electrons. The Morgan fingerprint density at radius 3 is 2.59 bits per heavy atom. The highest BCUT2D eigenvalue weighted by Crippen LogP contribution is 2.28. The standard InChI is InChI=1S/C16H30N2O4/c1-11-10-13(18(5)6)14(20-9-7-8-17)15(21-11)22-12(2)16(3,4)19/h11-15,19H,7,9-10H2,1-6H3. The molecule has 1 heterocycles. The van der Waals surface area contributed by atoms with Crippen molar-refractivity contribution in [2.45, 2.75) is 76.8 Å². The van der Waals surface area contributed by atoms with Crippen LogP contribution in [0.15, 0.2) is 0 Å². The Morgan fingerprint density at radius 1 is 1.45 bits per heavy atom. The smallest absolute Gasteiger partial charge is 0.185 e. The summed E-state index contributed by atoms with van der Waals surface area (Å²) in [4.78, 5) is 2.10. The molecule has 0 aromatic carbocycles. The lowest BCUT2D eigenvalue weighted by molar-refractivity contribution is -0.290. The first-order chi connectivity index (χ1) is 10.2. The summed E-state index contributed by atoms with van der Waals surface area (Å²) in [6.07, 6.45) is -0.0310. The van der Waals surface area contributed by atoms with Gasteiger partial charge in [0.1, 0.15) is 6.10 Å². The maximum absolute atomic E-state index is 10.1. The zero-order valence-electron chi connectivity index (χ0n) is 14.6. The number of hydrogen-bond donors (Lipinski definition) is 1. The summed E-state index contributed by atoms with van der Waals surface area (Å²) in [7, 11) is 4.00. The van der Waals surface area contributed by atoms with E-state index in [2.05, 4.69) is 11.0 Å². The van der Waals surface area contributed by atoms with Crippen molar-refractivity contribution >= 4 is 0 Å². The summed E-state index contributed by atoms with van der Waals surface area (Å²) in [5, 5.41) is 18.8. The lowest BCUT2D eigenvalue weighted by Gasteiger charge is -2.44. The fourth-order valence-corrected chi connectivity index (χ4v) is 2.43. The van der Waals surface area contributed by atoms with Crippen LogP contribution in [-0.4, -0.2) is 67.0 Å². The molecule has 0 amide bonds. The van der Waals surface area contributed by atoms with E-state index in [-0.39, 0.29) is 18.2 Å². The minimum atomic E-state index is -0.963. The third-order valence-corrected chi connectivity index (χ3v) is 4.11. The van der Waals surface area contributed by atoms with Crippen molar-refractivity contribution in [2.75, 3.05) is 20.7 Å². The third-order valence-electron chi connectivity index (χ3n) is 4.11. The molecule has 0 aromatic heterocycles. The third kappa shape index (κ3) is 5.49. The van der Waals surface area contributed by atoms with Gasteiger partial charge in [-0.2, -0.15) is 5.26 Å². The summed E-state index contributed by atoms with van der Waals surface area (Å²) in [5.41, 5.74) is -0.963. The van der Waals surface area contributed by atoms with Gasteiger partial charge in [0.05, 0.1) is 36.9 Å². The molecule has 1 aliphatic heterocycles. The maximum Gasteiger partial charge on any atom is 0.185 e. The van der Waals surface area contributed by atoms with Crippen molar-refractivity contribution in [2.24, 2.45) is 0 Å².